The van der Waals surface area contributed by atoms with Crippen LogP contribution in [-0.2, 0) is 4.74 Å². The summed E-state index contributed by atoms with van der Waals surface area (Å²) >= 11 is 0. The van der Waals surface area contributed by atoms with Crippen molar-refractivity contribution >= 4 is 0 Å². The van der Waals surface area contributed by atoms with Gasteiger partial charge in [-0.1, -0.05) is 0 Å². The lowest BCUT2D eigenvalue weighted by molar-refractivity contribution is -0.0977. The standard InChI is InChI=1S/C11H24N2O/c1-11(14-4)7-5-9-13(11)10-6-8-12(2)3/h5-10H2,1-4H3. The van der Waals surface area contributed by atoms with E-state index in [0.717, 1.165) is 13.1 Å². The van der Waals surface area contributed by atoms with Crippen molar-refractivity contribution < 1.29 is 4.74 Å². The Morgan fingerprint density at radius 2 is 2.14 bits per heavy atom. The van der Waals surface area contributed by atoms with Gasteiger partial charge in [0.25, 0.3) is 0 Å². The number of likely N-dealkylation sites (tertiary alicyclic amines) is 1. The van der Waals surface area contributed by atoms with Gasteiger partial charge in [0.2, 0.25) is 0 Å². The fraction of sp³-hybridized carbons (Fsp3) is 1.00. The van der Waals surface area contributed by atoms with Crippen LogP contribution in [0.25, 0.3) is 0 Å². The van der Waals surface area contributed by atoms with Gasteiger partial charge in [0.05, 0.1) is 0 Å². The van der Waals surface area contributed by atoms with Crippen molar-refractivity contribution in [3.8, 4) is 0 Å². The van der Waals surface area contributed by atoms with Gasteiger partial charge in [0.15, 0.2) is 0 Å². The van der Waals surface area contributed by atoms with Crippen LogP contribution in [0.5, 0.6) is 0 Å². The molecule has 1 rings (SSSR count). The first-order valence-corrected chi connectivity index (χ1v) is 5.53. The minimum absolute atomic E-state index is 0.00626. The van der Waals surface area contributed by atoms with Crippen LogP contribution >= 0.6 is 0 Å². The molecule has 1 aliphatic rings. The van der Waals surface area contributed by atoms with E-state index in [1.807, 2.05) is 7.11 Å². The molecule has 0 N–H and O–H groups in total. The van der Waals surface area contributed by atoms with Gasteiger partial charge in [-0.15, -0.1) is 0 Å². The van der Waals surface area contributed by atoms with Gasteiger partial charge in [-0.2, -0.15) is 0 Å². The molecule has 1 fully saturated rings. The normalized spacial score (nSPS) is 28.9. The molecule has 0 aromatic rings. The highest BCUT2D eigenvalue weighted by Crippen LogP contribution is 2.29. The Balaban J connectivity index is 2.29. The number of hydrogen-bond donors (Lipinski definition) is 0. The Hall–Kier alpha value is -0.120. The molecule has 1 aliphatic heterocycles. The van der Waals surface area contributed by atoms with Crippen molar-refractivity contribution in [3.63, 3.8) is 0 Å². The van der Waals surface area contributed by atoms with Gasteiger partial charge in [-0.3, -0.25) is 4.90 Å². The van der Waals surface area contributed by atoms with Gasteiger partial charge in [-0.25, -0.2) is 0 Å². The van der Waals surface area contributed by atoms with Gasteiger partial charge >= 0.3 is 0 Å². The van der Waals surface area contributed by atoms with E-state index in [0.29, 0.717) is 0 Å². The summed E-state index contributed by atoms with van der Waals surface area (Å²) in [4.78, 5) is 4.71. The smallest absolute Gasteiger partial charge is 0.118 e. The van der Waals surface area contributed by atoms with Gasteiger partial charge in [-0.05, 0) is 46.8 Å². The second-order valence-corrected chi connectivity index (χ2v) is 4.63. The molecule has 1 unspecified atom stereocenters. The number of rotatable bonds is 5. The molecule has 0 aromatic carbocycles. The number of hydrogen-bond acceptors (Lipinski definition) is 3. The lowest BCUT2D eigenvalue weighted by Gasteiger charge is -2.34. The Morgan fingerprint density at radius 3 is 2.71 bits per heavy atom. The summed E-state index contributed by atoms with van der Waals surface area (Å²) in [6.07, 6.45) is 3.67. The molecule has 1 saturated heterocycles. The average Bonchev–Trinajstić information content (AvgIpc) is 2.48. The predicted octanol–water partition coefficient (Wildman–Crippen LogP) is 1.40. The fourth-order valence-corrected chi connectivity index (χ4v) is 2.15. The Labute approximate surface area is 88.0 Å². The third kappa shape index (κ3) is 2.94. The molecule has 3 nitrogen and oxygen atoms in total. The maximum atomic E-state index is 5.58. The summed E-state index contributed by atoms with van der Waals surface area (Å²) in [5, 5.41) is 0. The molecule has 14 heavy (non-hydrogen) atoms. The summed E-state index contributed by atoms with van der Waals surface area (Å²) in [6.45, 7) is 5.71. The minimum atomic E-state index is 0.00626. The molecular weight excluding hydrogens is 176 g/mol. The topological polar surface area (TPSA) is 15.7 Å². The predicted molar refractivity (Wildman–Crippen MR) is 59.4 cm³/mol. The molecule has 0 radical (unpaired) electrons. The second-order valence-electron chi connectivity index (χ2n) is 4.63. The van der Waals surface area contributed by atoms with Crippen molar-refractivity contribution in [1.82, 2.24) is 9.80 Å². The number of nitrogens with zero attached hydrogens (tertiary/aromatic N) is 2. The van der Waals surface area contributed by atoms with E-state index in [-0.39, 0.29) is 5.72 Å². The van der Waals surface area contributed by atoms with E-state index >= 15 is 0 Å². The van der Waals surface area contributed by atoms with Gasteiger partial charge in [0, 0.05) is 20.2 Å². The molecule has 1 heterocycles. The summed E-state index contributed by atoms with van der Waals surface area (Å²) in [5.41, 5.74) is 0.00626. The maximum Gasteiger partial charge on any atom is 0.118 e. The van der Waals surface area contributed by atoms with Crippen molar-refractivity contribution in [2.24, 2.45) is 0 Å². The van der Waals surface area contributed by atoms with E-state index < -0.39 is 0 Å². The maximum absolute atomic E-state index is 5.58. The van der Waals surface area contributed by atoms with E-state index in [4.69, 9.17) is 4.74 Å². The van der Waals surface area contributed by atoms with Crippen molar-refractivity contribution in [3.05, 3.63) is 0 Å². The zero-order valence-corrected chi connectivity index (χ0v) is 10.0. The highest BCUT2D eigenvalue weighted by Gasteiger charge is 2.35. The summed E-state index contributed by atoms with van der Waals surface area (Å²) in [5.74, 6) is 0. The van der Waals surface area contributed by atoms with Crippen molar-refractivity contribution in [1.29, 1.82) is 0 Å². The van der Waals surface area contributed by atoms with Gasteiger partial charge < -0.3 is 9.64 Å². The first-order valence-electron chi connectivity index (χ1n) is 5.53. The molecule has 0 aromatic heterocycles. The fourth-order valence-electron chi connectivity index (χ4n) is 2.15. The van der Waals surface area contributed by atoms with E-state index in [2.05, 4.69) is 30.8 Å². The minimum Gasteiger partial charge on any atom is -0.364 e. The summed E-state index contributed by atoms with van der Waals surface area (Å²) in [7, 11) is 6.07. The van der Waals surface area contributed by atoms with E-state index in [9.17, 15) is 0 Å². The lowest BCUT2D eigenvalue weighted by atomic mass is 10.2. The quantitative estimate of drug-likeness (QED) is 0.667. The largest absolute Gasteiger partial charge is 0.364 e. The second kappa shape index (κ2) is 5.10. The van der Waals surface area contributed by atoms with Crippen molar-refractivity contribution in [2.45, 2.75) is 31.9 Å². The highest BCUT2D eigenvalue weighted by atomic mass is 16.5. The average molecular weight is 200 g/mol. The van der Waals surface area contributed by atoms with Crippen molar-refractivity contribution in [2.75, 3.05) is 40.8 Å². The Bertz CT molecular complexity index is 173. The first-order chi connectivity index (χ1) is 6.58. The Morgan fingerprint density at radius 1 is 1.43 bits per heavy atom. The zero-order valence-electron chi connectivity index (χ0n) is 10.0. The molecule has 0 spiro atoms. The molecule has 0 saturated carbocycles. The van der Waals surface area contributed by atoms with E-state index in [1.54, 1.807) is 0 Å². The SMILES string of the molecule is COC1(C)CCCN1CCCN(C)C. The molecule has 0 amide bonds. The molecule has 0 aliphatic carbocycles. The summed E-state index contributed by atoms with van der Waals surface area (Å²) in [6, 6.07) is 0. The lowest BCUT2D eigenvalue weighted by Crippen LogP contribution is -2.43. The van der Waals surface area contributed by atoms with Crippen LogP contribution in [-0.4, -0.2) is 56.4 Å². The highest BCUT2D eigenvalue weighted by molar-refractivity contribution is 4.83. The van der Waals surface area contributed by atoms with Crippen LogP contribution < -0.4 is 0 Å². The van der Waals surface area contributed by atoms with Crippen LogP contribution in [0, 0.1) is 0 Å². The van der Waals surface area contributed by atoms with E-state index in [1.165, 1.54) is 25.8 Å². The molecular formula is C11H24N2O. The number of methoxy groups -OCH3 is 1. The van der Waals surface area contributed by atoms with Crippen LogP contribution in [0.2, 0.25) is 0 Å². The number of ether oxygens (including phenoxy) is 1. The molecule has 1 atom stereocenters. The third-order valence-corrected chi connectivity index (χ3v) is 3.21. The third-order valence-electron chi connectivity index (χ3n) is 3.21. The molecule has 84 valence electrons. The van der Waals surface area contributed by atoms with Crippen LogP contribution in [0.3, 0.4) is 0 Å². The zero-order chi connectivity index (χ0) is 10.6. The first kappa shape index (κ1) is 12.0. The summed E-state index contributed by atoms with van der Waals surface area (Å²) < 4.78 is 5.58. The monoisotopic (exact) mass is 200 g/mol. The van der Waals surface area contributed by atoms with Crippen LogP contribution in [0.15, 0.2) is 0 Å². The Kier molecular flexibility index (Phi) is 4.35. The van der Waals surface area contributed by atoms with Crippen LogP contribution in [0.1, 0.15) is 26.2 Å². The molecule has 0 bridgehead atoms. The van der Waals surface area contributed by atoms with Gasteiger partial charge in [0.1, 0.15) is 5.72 Å². The van der Waals surface area contributed by atoms with Crippen LogP contribution in [0.4, 0.5) is 0 Å². The molecule has 3 heteroatoms.